The van der Waals surface area contributed by atoms with Gasteiger partial charge in [0.15, 0.2) is 0 Å². The van der Waals surface area contributed by atoms with Crippen LogP contribution in [0.15, 0.2) is 25.3 Å². The molecule has 0 radical (unpaired) electrons. The van der Waals surface area contributed by atoms with Gasteiger partial charge in [0.05, 0.1) is 29.2 Å². The van der Waals surface area contributed by atoms with E-state index in [0.29, 0.717) is 32.5 Å². The van der Waals surface area contributed by atoms with E-state index < -0.39 is 33.4 Å². The quantitative estimate of drug-likeness (QED) is 0.412. The molecule has 0 aromatic carbocycles. The Morgan fingerprint density at radius 1 is 1.20 bits per heavy atom. The van der Waals surface area contributed by atoms with Crippen molar-refractivity contribution in [1.82, 2.24) is 14.7 Å². The minimum absolute atomic E-state index is 0.0152. The maximum Gasteiger partial charge on any atom is 0.247 e. The molecule has 0 aliphatic carbocycles. The highest BCUT2D eigenvalue weighted by molar-refractivity contribution is 8.02. The lowest BCUT2D eigenvalue weighted by atomic mass is 9.66. The van der Waals surface area contributed by atoms with Gasteiger partial charge in [0.2, 0.25) is 17.7 Å². The second kappa shape index (κ2) is 10.7. The summed E-state index contributed by atoms with van der Waals surface area (Å²) in [5.74, 6) is -1.35. The topological polar surface area (TPSA) is 81.2 Å². The van der Waals surface area contributed by atoms with E-state index in [1.165, 1.54) is 0 Å². The van der Waals surface area contributed by atoms with Crippen LogP contribution in [-0.2, 0) is 14.4 Å². The monoisotopic (exact) mass is 505 g/mol. The lowest BCUT2D eigenvalue weighted by Gasteiger charge is -2.40. The molecule has 1 N–H and O–H groups in total. The molecule has 2 unspecified atom stereocenters. The molecule has 0 aromatic heterocycles. The third-order valence-electron chi connectivity index (χ3n) is 8.18. The van der Waals surface area contributed by atoms with Gasteiger partial charge in [-0.05, 0) is 46.5 Å². The molecule has 2 bridgehead atoms. The summed E-state index contributed by atoms with van der Waals surface area (Å²) in [6, 6.07) is -1.23. The molecular formula is C27H43N3O4S. The molecule has 3 heterocycles. The van der Waals surface area contributed by atoms with Gasteiger partial charge in [-0.15, -0.1) is 24.9 Å². The van der Waals surface area contributed by atoms with Crippen molar-refractivity contribution in [2.75, 3.05) is 26.2 Å². The van der Waals surface area contributed by atoms with Crippen LogP contribution >= 0.6 is 11.8 Å². The van der Waals surface area contributed by atoms with Crippen LogP contribution in [0.4, 0.5) is 0 Å². The molecule has 3 fully saturated rings. The summed E-state index contributed by atoms with van der Waals surface area (Å²) in [7, 11) is 0. The fourth-order valence-corrected chi connectivity index (χ4v) is 8.92. The molecule has 3 aliphatic rings. The van der Waals surface area contributed by atoms with Crippen LogP contribution in [0.25, 0.3) is 0 Å². The van der Waals surface area contributed by atoms with Gasteiger partial charge in [-0.25, -0.2) is 0 Å². The first-order valence-electron chi connectivity index (χ1n) is 13.0. The van der Waals surface area contributed by atoms with Gasteiger partial charge in [-0.1, -0.05) is 26.0 Å². The number of rotatable bonds is 12. The van der Waals surface area contributed by atoms with E-state index in [4.69, 9.17) is 0 Å². The van der Waals surface area contributed by atoms with Crippen LogP contribution in [0.5, 0.6) is 0 Å². The van der Waals surface area contributed by atoms with Crippen molar-refractivity contribution in [3.05, 3.63) is 25.3 Å². The smallest absolute Gasteiger partial charge is 0.247 e. The largest absolute Gasteiger partial charge is 0.394 e. The predicted octanol–water partition coefficient (Wildman–Crippen LogP) is 3.09. The number of aliphatic hydroxyl groups excluding tert-OH is 1. The fraction of sp³-hybridized carbons (Fsp3) is 0.741. The maximum absolute atomic E-state index is 14.2. The molecule has 8 heteroatoms. The SMILES string of the molecule is C=CCN(CCC)C(=O)[C@H]1[C@H]2C(=O)N([C@@H](CC)CO)C(C(=O)N(CC=C)C(C)C)C23CC[C@]1(C)S3. The number of carbonyl (C=O) groups is 3. The van der Waals surface area contributed by atoms with E-state index in [1.54, 1.807) is 33.7 Å². The molecule has 6 atom stereocenters. The Kier molecular flexibility index (Phi) is 8.47. The van der Waals surface area contributed by atoms with Gasteiger partial charge >= 0.3 is 0 Å². The van der Waals surface area contributed by atoms with Crippen LogP contribution in [0.3, 0.4) is 0 Å². The van der Waals surface area contributed by atoms with Crippen LogP contribution < -0.4 is 0 Å². The van der Waals surface area contributed by atoms with E-state index in [9.17, 15) is 19.5 Å². The molecule has 3 aliphatic heterocycles. The van der Waals surface area contributed by atoms with Crippen molar-refractivity contribution in [2.45, 2.75) is 87.9 Å². The molecule has 7 nitrogen and oxygen atoms in total. The first-order valence-corrected chi connectivity index (χ1v) is 13.8. The Hall–Kier alpha value is -1.80. The van der Waals surface area contributed by atoms with E-state index >= 15 is 0 Å². The summed E-state index contributed by atoms with van der Waals surface area (Å²) < 4.78 is -1.08. The number of thioether (sulfide) groups is 1. The van der Waals surface area contributed by atoms with E-state index in [1.807, 2.05) is 32.6 Å². The van der Waals surface area contributed by atoms with E-state index in [2.05, 4.69) is 20.1 Å². The predicted molar refractivity (Wildman–Crippen MR) is 141 cm³/mol. The summed E-state index contributed by atoms with van der Waals surface area (Å²) in [6.45, 7) is 18.9. The second-order valence-electron chi connectivity index (χ2n) is 10.7. The van der Waals surface area contributed by atoms with Gasteiger partial charge in [0.25, 0.3) is 0 Å². The Balaban J connectivity index is 2.14. The number of aliphatic hydroxyl groups is 1. The first kappa shape index (κ1) is 27.8. The zero-order valence-electron chi connectivity index (χ0n) is 22.0. The van der Waals surface area contributed by atoms with Crippen molar-refractivity contribution in [3.63, 3.8) is 0 Å². The maximum atomic E-state index is 14.2. The highest BCUT2D eigenvalue weighted by atomic mass is 32.2. The Labute approximate surface area is 215 Å². The Morgan fingerprint density at radius 2 is 1.86 bits per heavy atom. The lowest BCUT2D eigenvalue weighted by Crippen LogP contribution is -2.58. The van der Waals surface area contributed by atoms with Crippen molar-refractivity contribution >= 4 is 29.5 Å². The van der Waals surface area contributed by atoms with E-state index in [-0.39, 0.29) is 30.4 Å². The van der Waals surface area contributed by atoms with Crippen molar-refractivity contribution in [1.29, 1.82) is 0 Å². The van der Waals surface area contributed by atoms with Gasteiger partial charge in [0, 0.05) is 30.4 Å². The first-order chi connectivity index (χ1) is 16.6. The number of nitrogens with zero attached hydrogens (tertiary/aromatic N) is 3. The average Bonchev–Trinajstić information content (AvgIpc) is 3.38. The Morgan fingerprint density at radius 3 is 2.37 bits per heavy atom. The van der Waals surface area contributed by atoms with Gasteiger partial charge in [-0.3, -0.25) is 14.4 Å². The number of fused-ring (bicyclic) bond motifs is 1. The number of amides is 3. The molecule has 3 rings (SSSR count). The van der Waals surface area contributed by atoms with Gasteiger partial charge in [-0.2, -0.15) is 0 Å². The summed E-state index contributed by atoms with van der Waals surface area (Å²) in [5.41, 5.74) is 0. The zero-order valence-corrected chi connectivity index (χ0v) is 22.9. The number of hydrogen-bond donors (Lipinski definition) is 1. The molecule has 0 aromatic rings. The number of likely N-dealkylation sites (tertiary alicyclic amines) is 1. The summed E-state index contributed by atoms with van der Waals surface area (Å²) in [5, 5.41) is 10.2. The summed E-state index contributed by atoms with van der Waals surface area (Å²) in [6.07, 6.45) is 6.29. The molecule has 3 amide bonds. The third-order valence-corrected chi connectivity index (χ3v) is 10.2. The van der Waals surface area contributed by atoms with Gasteiger partial charge in [0.1, 0.15) is 6.04 Å². The van der Waals surface area contributed by atoms with Crippen molar-refractivity contribution in [3.8, 4) is 0 Å². The molecule has 35 heavy (non-hydrogen) atoms. The normalized spacial score (nSPS) is 32.0. The third kappa shape index (κ3) is 4.35. The average molecular weight is 506 g/mol. The van der Waals surface area contributed by atoms with Crippen molar-refractivity contribution in [2.24, 2.45) is 11.8 Å². The standard InChI is InChI=1S/C27H43N3O4S/c1-8-14-28(15-9-2)23(32)20-21-24(33)30(19(11-4)17-31)22(25(34)29(16-10-3)18(5)6)27(21)13-12-26(20,7)35-27/h8,10,18-22,31H,1,3,9,11-17H2,2,4-7H3/t19-,20+,21-,22?,26-,27?/m0/s1. The highest BCUT2D eigenvalue weighted by Crippen LogP contribution is 2.72. The summed E-state index contributed by atoms with van der Waals surface area (Å²) in [4.78, 5) is 47.6. The van der Waals surface area contributed by atoms with E-state index in [0.717, 1.165) is 12.8 Å². The summed E-state index contributed by atoms with van der Waals surface area (Å²) >= 11 is 1.68. The molecule has 3 saturated heterocycles. The van der Waals surface area contributed by atoms with Crippen molar-refractivity contribution < 1.29 is 19.5 Å². The van der Waals surface area contributed by atoms with Crippen LogP contribution in [-0.4, -0.2) is 91.4 Å². The molecular weight excluding hydrogens is 462 g/mol. The molecule has 1 spiro atoms. The second-order valence-corrected chi connectivity index (χ2v) is 12.6. The Bertz CT molecular complexity index is 859. The van der Waals surface area contributed by atoms with Crippen LogP contribution in [0, 0.1) is 11.8 Å². The minimum atomic E-state index is -0.705. The molecule has 196 valence electrons. The van der Waals surface area contributed by atoms with Crippen LogP contribution in [0.2, 0.25) is 0 Å². The fourth-order valence-electron chi connectivity index (χ4n) is 6.59. The number of hydrogen-bond acceptors (Lipinski definition) is 5. The highest BCUT2D eigenvalue weighted by Gasteiger charge is 2.78. The van der Waals surface area contributed by atoms with Crippen LogP contribution in [0.1, 0.15) is 60.3 Å². The number of carbonyl (C=O) groups excluding carboxylic acids is 3. The zero-order chi connectivity index (χ0) is 26.1. The minimum Gasteiger partial charge on any atom is -0.394 e. The lowest BCUT2D eigenvalue weighted by molar-refractivity contribution is -0.148. The molecule has 0 saturated carbocycles. The van der Waals surface area contributed by atoms with Gasteiger partial charge < -0.3 is 19.8 Å².